The normalized spacial score (nSPS) is 17.4. The van der Waals surface area contributed by atoms with Crippen molar-refractivity contribution in [3.8, 4) is 0 Å². The summed E-state index contributed by atoms with van der Waals surface area (Å²) in [4.78, 5) is 4.56. The molecule has 1 heterocycles. The Balaban J connectivity index is 1.78. The maximum atomic E-state index is 5.97. The molecular formula is C18H31N3O2. The molecule has 1 aliphatic rings. The molecule has 1 aliphatic carbocycles. The summed E-state index contributed by atoms with van der Waals surface area (Å²) in [7, 11) is 0. The van der Waals surface area contributed by atoms with Crippen molar-refractivity contribution in [2.75, 3.05) is 19.7 Å². The van der Waals surface area contributed by atoms with Crippen molar-refractivity contribution in [2.45, 2.75) is 58.6 Å². The minimum absolute atomic E-state index is 0.378. The lowest BCUT2D eigenvalue weighted by atomic mass is 9.98. The Morgan fingerprint density at radius 1 is 1.35 bits per heavy atom. The summed E-state index contributed by atoms with van der Waals surface area (Å²) < 4.78 is 11.3. The predicted molar refractivity (Wildman–Crippen MR) is 93.5 cm³/mol. The van der Waals surface area contributed by atoms with Crippen molar-refractivity contribution < 1.29 is 9.15 Å². The Hall–Kier alpha value is -1.49. The standard InChI is InChI=1S/C18H31N3O2/c1-3-19-18(21-14-16-10-7-13-23-16)20-12-11-17(22-4-2)15-8-5-6-9-15/h7,10,13,15,17H,3-6,8-9,11-12,14H2,1-2H3,(H2,19,20,21). The summed E-state index contributed by atoms with van der Waals surface area (Å²) in [5.41, 5.74) is 0. The molecule has 1 atom stereocenters. The first-order valence-corrected chi connectivity index (χ1v) is 8.99. The number of hydrogen-bond acceptors (Lipinski definition) is 3. The van der Waals surface area contributed by atoms with Crippen LogP contribution in [0.3, 0.4) is 0 Å². The van der Waals surface area contributed by atoms with Gasteiger partial charge in [-0.3, -0.25) is 0 Å². The van der Waals surface area contributed by atoms with Crippen LogP contribution >= 0.6 is 0 Å². The maximum Gasteiger partial charge on any atom is 0.191 e. The van der Waals surface area contributed by atoms with Gasteiger partial charge in [-0.05, 0) is 51.2 Å². The summed E-state index contributed by atoms with van der Waals surface area (Å²) >= 11 is 0. The molecule has 5 nitrogen and oxygen atoms in total. The van der Waals surface area contributed by atoms with E-state index in [4.69, 9.17) is 9.15 Å². The Morgan fingerprint density at radius 3 is 2.83 bits per heavy atom. The molecule has 23 heavy (non-hydrogen) atoms. The molecular weight excluding hydrogens is 290 g/mol. The molecule has 0 amide bonds. The Morgan fingerprint density at radius 2 is 2.17 bits per heavy atom. The van der Waals surface area contributed by atoms with Gasteiger partial charge in [-0.25, -0.2) is 4.99 Å². The van der Waals surface area contributed by atoms with E-state index in [1.54, 1.807) is 6.26 Å². The fourth-order valence-corrected chi connectivity index (χ4v) is 3.23. The Bertz CT molecular complexity index is 439. The first-order valence-electron chi connectivity index (χ1n) is 8.99. The van der Waals surface area contributed by atoms with Gasteiger partial charge in [0.15, 0.2) is 5.96 Å². The van der Waals surface area contributed by atoms with Crippen molar-refractivity contribution in [1.29, 1.82) is 0 Å². The highest BCUT2D eigenvalue weighted by atomic mass is 16.5. The highest BCUT2D eigenvalue weighted by Crippen LogP contribution is 2.30. The van der Waals surface area contributed by atoms with Gasteiger partial charge >= 0.3 is 0 Å². The average molecular weight is 321 g/mol. The minimum atomic E-state index is 0.378. The van der Waals surface area contributed by atoms with Gasteiger partial charge in [0.05, 0.1) is 12.4 Å². The second-order valence-electron chi connectivity index (χ2n) is 6.03. The SMILES string of the molecule is CCNC(=NCc1ccco1)NCCC(OCC)C1CCCC1. The smallest absolute Gasteiger partial charge is 0.191 e. The molecule has 0 aliphatic heterocycles. The van der Waals surface area contributed by atoms with Gasteiger partial charge in [0.25, 0.3) is 0 Å². The van der Waals surface area contributed by atoms with Crippen molar-refractivity contribution in [3.05, 3.63) is 24.2 Å². The van der Waals surface area contributed by atoms with Gasteiger partial charge in [-0.15, -0.1) is 0 Å². The predicted octanol–water partition coefficient (Wildman–Crippen LogP) is 3.32. The molecule has 0 spiro atoms. The van der Waals surface area contributed by atoms with E-state index in [0.717, 1.165) is 43.8 Å². The summed E-state index contributed by atoms with van der Waals surface area (Å²) in [5, 5.41) is 6.69. The molecule has 2 N–H and O–H groups in total. The molecule has 0 aromatic carbocycles. The lowest BCUT2D eigenvalue weighted by Gasteiger charge is -2.24. The number of nitrogens with one attached hydrogen (secondary N) is 2. The minimum Gasteiger partial charge on any atom is -0.467 e. The average Bonchev–Trinajstić information content (AvgIpc) is 3.25. The number of hydrogen-bond donors (Lipinski definition) is 2. The summed E-state index contributed by atoms with van der Waals surface area (Å²) in [5.74, 6) is 2.45. The largest absolute Gasteiger partial charge is 0.467 e. The van der Waals surface area contributed by atoms with Crippen LogP contribution in [0, 0.1) is 5.92 Å². The number of aliphatic imine (C=N–C) groups is 1. The third-order valence-corrected chi connectivity index (χ3v) is 4.34. The number of ether oxygens (including phenoxy) is 1. The van der Waals surface area contributed by atoms with Crippen LogP contribution in [0.5, 0.6) is 0 Å². The zero-order chi connectivity index (χ0) is 16.3. The van der Waals surface area contributed by atoms with Crippen LogP contribution in [0.1, 0.15) is 51.7 Å². The van der Waals surface area contributed by atoms with Crippen molar-refractivity contribution in [3.63, 3.8) is 0 Å². The van der Waals surface area contributed by atoms with Crippen molar-refractivity contribution in [2.24, 2.45) is 10.9 Å². The van der Waals surface area contributed by atoms with E-state index < -0.39 is 0 Å². The quantitative estimate of drug-likeness (QED) is 0.541. The molecule has 1 aromatic heterocycles. The molecule has 1 saturated carbocycles. The van der Waals surface area contributed by atoms with E-state index in [9.17, 15) is 0 Å². The molecule has 1 unspecified atom stereocenters. The fraction of sp³-hybridized carbons (Fsp3) is 0.722. The molecule has 1 aromatic rings. The zero-order valence-corrected chi connectivity index (χ0v) is 14.5. The second-order valence-corrected chi connectivity index (χ2v) is 6.03. The van der Waals surface area contributed by atoms with Crippen LogP contribution < -0.4 is 10.6 Å². The third-order valence-electron chi connectivity index (χ3n) is 4.34. The van der Waals surface area contributed by atoms with Crippen molar-refractivity contribution in [1.82, 2.24) is 10.6 Å². The van der Waals surface area contributed by atoms with Gasteiger partial charge in [-0.1, -0.05) is 12.8 Å². The van der Waals surface area contributed by atoms with Gasteiger partial charge in [0.1, 0.15) is 12.3 Å². The van der Waals surface area contributed by atoms with E-state index in [-0.39, 0.29) is 0 Å². The van der Waals surface area contributed by atoms with Gasteiger partial charge in [0, 0.05) is 19.7 Å². The summed E-state index contributed by atoms with van der Waals surface area (Å²) in [6.07, 6.45) is 8.43. The lowest BCUT2D eigenvalue weighted by Crippen LogP contribution is -2.39. The monoisotopic (exact) mass is 321 g/mol. The Kier molecular flexibility index (Phi) is 8.01. The zero-order valence-electron chi connectivity index (χ0n) is 14.5. The first-order chi connectivity index (χ1) is 11.3. The van der Waals surface area contributed by atoms with E-state index in [1.807, 2.05) is 12.1 Å². The first kappa shape index (κ1) is 17.9. The van der Waals surface area contributed by atoms with Crippen LogP contribution in [-0.2, 0) is 11.3 Å². The van der Waals surface area contributed by atoms with Crippen molar-refractivity contribution >= 4 is 5.96 Å². The van der Waals surface area contributed by atoms with E-state index in [2.05, 4.69) is 29.5 Å². The van der Waals surface area contributed by atoms with Crippen LogP contribution in [0.15, 0.2) is 27.8 Å². The molecule has 2 rings (SSSR count). The van der Waals surface area contributed by atoms with Crippen LogP contribution in [0.25, 0.3) is 0 Å². The van der Waals surface area contributed by atoms with Crippen LogP contribution in [0.2, 0.25) is 0 Å². The van der Waals surface area contributed by atoms with E-state index in [1.165, 1.54) is 25.7 Å². The number of furan rings is 1. The topological polar surface area (TPSA) is 58.8 Å². The Labute approximate surface area is 139 Å². The molecule has 1 fully saturated rings. The van der Waals surface area contributed by atoms with Crippen LogP contribution in [-0.4, -0.2) is 31.8 Å². The highest BCUT2D eigenvalue weighted by molar-refractivity contribution is 5.79. The van der Waals surface area contributed by atoms with E-state index in [0.29, 0.717) is 12.6 Å². The number of guanidine groups is 1. The fourth-order valence-electron chi connectivity index (χ4n) is 3.23. The maximum absolute atomic E-state index is 5.97. The van der Waals surface area contributed by atoms with Gasteiger partial charge in [-0.2, -0.15) is 0 Å². The van der Waals surface area contributed by atoms with Crippen LogP contribution in [0.4, 0.5) is 0 Å². The third kappa shape index (κ3) is 6.26. The highest BCUT2D eigenvalue weighted by Gasteiger charge is 2.25. The molecule has 0 radical (unpaired) electrons. The molecule has 5 heteroatoms. The molecule has 0 bridgehead atoms. The van der Waals surface area contributed by atoms with E-state index >= 15 is 0 Å². The molecule has 0 saturated heterocycles. The van der Waals surface area contributed by atoms with Gasteiger partial charge < -0.3 is 19.8 Å². The van der Waals surface area contributed by atoms with Gasteiger partial charge in [0.2, 0.25) is 0 Å². The number of rotatable bonds is 9. The second kappa shape index (κ2) is 10.3. The number of nitrogens with zero attached hydrogens (tertiary/aromatic N) is 1. The lowest BCUT2D eigenvalue weighted by molar-refractivity contribution is 0.0169. The summed E-state index contributed by atoms with van der Waals surface area (Å²) in [6, 6.07) is 3.83. The molecule has 130 valence electrons. The summed E-state index contributed by atoms with van der Waals surface area (Å²) in [6.45, 7) is 7.25.